The number of rotatable bonds is 0. The van der Waals surface area contributed by atoms with Crippen LogP contribution < -0.4 is 4.72 Å². The summed E-state index contributed by atoms with van der Waals surface area (Å²) in [6, 6.07) is 0. The quantitative estimate of drug-likeness (QED) is 0.452. The van der Waals surface area contributed by atoms with Gasteiger partial charge in [0.1, 0.15) is 0 Å². The Kier molecular flexibility index (Phi) is 1.80. The monoisotopic (exact) mass is 103 g/mol. The Labute approximate surface area is 41.4 Å². The van der Waals surface area contributed by atoms with Gasteiger partial charge in [-0.05, 0) is 11.9 Å². The molecule has 1 N–H and O–H groups in total. The van der Waals surface area contributed by atoms with E-state index in [1.807, 2.05) is 6.54 Å². The van der Waals surface area contributed by atoms with Crippen molar-refractivity contribution in [3.8, 4) is 0 Å². The van der Waals surface area contributed by atoms with Crippen LogP contribution in [-0.2, 0) is 4.74 Å². The minimum atomic E-state index is 0.688. The molecule has 2 radical (unpaired) electrons. The minimum absolute atomic E-state index is 0.688. The first-order chi connectivity index (χ1) is 3.00. The molecule has 0 spiro atoms. The number of hydrogen-bond donors (Lipinski definition) is 1. The van der Waals surface area contributed by atoms with Crippen molar-refractivity contribution in [2.45, 2.75) is 0 Å². The highest BCUT2D eigenvalue weighted by molar-refractivity contribution is 7.99. The minimum Gasteiger partial charge on any atom is -0.361 e. The van der Waals surface area contributed by atoms with E-state index in [2.05, 4.69) is 4.72 Å². The molecule has 0 aromatic rings. The molecule has 0 bridgehead atoms. The van der Waals surface area contributed by atoms with Gasteiger partial charge in [-0.25, -0.2) is 0 Å². The van der Waals surface area contributed by atoms with E-state index in [0.29, 0.717) is 6.61 Å². The van der Waals surface area contributed by atoms with Gasteiger partial charge in [0.25, 0.3) is 0 Å². The summed E-state index contributed by atoms with van der Waals surface area (Å²) in [5, 5.41) is 0. The van der Waals surface area contributed by atoms with Gasteiger partial charge in [0.15, 0.2) is 5.94 Å². The smallest absolute Gasteiger partial charge is 0.153 e. The van der Waals surface area contributed by atoms with Gasteiger partial charge in [0, 0.05) is 0 Å². The van der Waals surface area contributed by atoms with Crippen molar-refractivity contribution < 1.29 is 4.74 Å². The molecule has 1 heterocycles. The van der Waals surface area contributed by atoms with E-state index >= 15 is 0 Å². The fourth-order valence-corrected chi connectivity index (χ4v) is 0.598. The molecule has 1 aliphatic rings. The molecule has 1 saturated heterocycles. The molecular formula is C3H5NOS. The summed E-state index contributed by atoms with van der Waals surface area (Å²) in [5.74, 6) is 1.67. The fourth-order valence-electron chi connectivity index (χ4n) is 0.231. The largest absolute Gasteiger partial charge is 0.361 e. The molecule has 3 heteroatoms. The van der Waals surface area contributed by atoms with Crippen molar-refractivity contribution in [2.24, 2.45) is 0 Å². The highest BCUT2D eigenvalue weighted by atomic mass is 32.2. The van der Waals surface area contributed by atoms with E-state index in [9.17, 15) is 0 Å². The van der Waals surface area contributed by atoms with Crippen molar-refractivity contribution in [3.63, 3.8) is 0 Å². The van der Waals surface area contributed by atoms with Crippen LogP contribution in [0, 0.1) is 12.5 Å². The van der Waals surface area contributed by atoms with Gasteiger partial charge in [0.2, 0.25) is 0 Å². The highest BCUT2D eigenvalue weighted by Gasteiger charge is 1.95. The summed E-state index contributed by atoms with van der Waals surface area (Å²) < 4.78 is 7.69. The summed E-state index contributed by atoms with van der Waals surface area (Å²) in [5.41, 5.74) is 0. The van der Waals surface area contributed by atoms with Crippen molar-refractivity contribution in [3.05, 3.63) is 12.5 Å². The second-order valence-electron chi connectivity index (χ2n) is 0.869. The third kappa shape index (κ3) is 1.16. The van der Waals surface area contributed by atoms with Gasteiger partial charge in [-0.2, -0.15) is 0 Å². The van der Waals surface area contributed by atoms with Gasteiger partial charge in [0.05, 0.1) is 13.2 Å². The lowest BCUT2D eigenvalue weighted by molar-refractivity contribution is 0.247. The number of ether oxygens (including phenoxy) is 1. The van der Waals surface area contributed by atoms with Crippen LogP contribution in [0.25, 0.3) is 0 Å². The van der Waals surface area contributed by atoms with Crippen LogP contribution in [-0.4, -0.2) is 6.61 Å². The molecule has 34 valence electrons. The summed E-state index contributed by atoms with van der Waals surface area (Å²) in [4.78, 5) is 0. The predicted octanol–water partition coefficient (Wildman–Crippen LogP) is 0.535. The molecule has 6 heavy (non-hydrogen) atoms. The van der Waals surface area contributed by atoms with Crippen molar-refractivity contribution in [1.82, 2.24) is 4.72 Å². The summed E-state index contributed by atoms with van der Waals surface area (Å²) in [7, 11) is 0. The highest BCUT2D eigenvalue weighted by Crippen LogP contribution is 2.05. The van der Waals surface area contributed by atoms with E-state index < -0.39 is 0 Å². The maximum Gasteiger partial charge on any atom is 0.153 e. The van der Waals surface area contributed by atoms with Gasteiger partial charge in [-0.1, -0.05) is 0 Å². The van der Waals surface area contributed by atoms with Gasteiger partial charge < -0.3 is 4.74 Å². The zero-order valence-electron chi connectivity index (χ0n) is 3.18. The Bertz CT molecular complexity index is 26.3. The van der Waals surface area contributed by atoms with Crippen molar-refractivity contribution in [2.75, 3.05) is 6.61 Å². The molecule has 1 fully saturated rings. The second-order valence-corrected chi connectivity index (χ2v) is 1.53. The van der Waals surface area contributed by atoms with Crippen molar-refractivity contribution >= 4 is 11.9 Å². The van der Waals surface area contributed by atoms with Gasteiger partial charge in [-0.3, -0.25) is 4.72 Å². The lowest BCUT2D eigenvalue weighted by Gasteiger charge is -2.07. The number of nitrogens with one attached hydrogen (secondary N) is 1. The van der Waals surface area contributed by atoms with Crippen LogP contribution in [0.5, 0.6) is 0 Å². The maximum absolute atomic E-state index is 4.79. The third-order valence-electron chi connectivity index (χ3n) is 0.447. The van der Waals surface area contributed by atoms with Crippen LogP contribution in [0.15, 0.2) is 0 Å². The Balaban J connectivity index is 2.00. The first kappa shape index (κ1) is 4.43. The second kappa shape index (κ2) is 2.44. The zero-order valence-corrected chi connectivity index (χ0v) is 3.99. The summed E-state index contributed by atoms with van der Waals surface area (Å²) in [6.45, 7) is 2.54. The Morgan fingerprint density at radius 2 is 2.83 bits per heavy atom. The standard InChI is InChI=1S/C3H5NOS/c1-2-5-3-6-4-1/h1,3-4H,2H2. The fraction of sp³-hybridized carbons (Fsp3) is 0.333. The normalized spacial score (nSPS) is 24.0. The lowest BCUT2D eigenvalue weighted by Crippen LogP contribution is -2.10. The Morgan fingerprint density at radius 3 is 3.00 bits per heavy atom. The molecule has 0 unspecified atom stereocenters. The molecule has 0 aliphatic carbocycles. The average Bonchev–Trinajstić information content (AvgIpc) is 1.72. The molecule has 1 rings (SSSR count). The van der Waals surface area contributed by atoms with Crippen LogP contribution in [0.3, 0.4) is 0 Å². The third-order valence-corrected chi connectivity index (χ3v) is 0.982. The van der Waals surface area contributed by atoms with E-state index in [-0.39, 0.29) is 0 Å². The summed E-state index contributed by atoms with van der Waals surface area (Å²) in [6.07, 6.45) is 0. The van der Waals surface area contributed by atoms with E-state index in [4.69, 9.17) is 4.74 Å². The Hall–Kier alpha value is 0.270. The zero-order chi connectivity index (χ0) is 4.24. The average molecular weight is 103 g/mol. The van der Waals surface area contributed by atoms with Gasteiger partial charge in [-0.15, -0.1) is 0 Å². The number of hydrogen-bond acceptors (Lipinski definition) is 3. The predicted molar refractivity (Wildman–Crippen MR) is 25.3 cm³/mol. The molecule has 0 aromatic carbocycles. The molecule has 0 saturated carbocycles. The van der Waals surface area contributed by atoms with E-state index in [1.54, 1.807) is 5.94 Å². The molecule has 1 aliphatic heterocycles. The first-order valence-electron chi connectivity index (χ1n) is 1.66. The van der Waals surface area contributed by atoms with Crippen molar-refractivity contribution in [1.29, 1.82) is 0 Å². The first-order valence-corrected chi connectivity index (χ1v) is 2.54. The van der Waals surface area contributed by atoms with E-state index in [0.717, 1.165) is 0 Å². The maximum atomic E-state index is 4.79. The summed E-state index contributed by atoms with van der Waals surface area (Å²) >= 11 is 1.44. The van der Waals surface area contributed by atoms with Gasteiger partial charge >= 0.3 is 0 Å². The van der Waals surface area contributed by atoms with Crippen LogP contribution in [0.4, 0.5) is 0 Å². The molecule has 0 atom stereocenters. The van der Waals surface area contributed by atoms with Crippen LogP contribution in [0.1, 0.15) is 0 Å². The molecule has 2 nitrogen and oxygen atoms in total. The molecule has 0 aromatic heterocycles. The lowest BCUT2D eigenvalue weighted by atomic mass is 10.7. The van der Waals surface area contributed by atoms with E-state index in [1.165, 1.54) is 11.9 Å². The Morgan fingerprint density at radius 1 is 1.83 bits per heavy atom. The van der Waals surface area contributed by atoms with Crippen LogP contribution in [0.2, 0.25) is 0 Å². The molecular weight excluding hydrogens is 98.1 g/mol. The molecule has 0 amide bonds. The topological polar surface area (TPSA) is 21.3 Å². The SMILES string of the molecule is [CH]1CO[CH]SN1. The van der Waals surface area contributed by atoms with Crippen LogP contribution >= 0.6 is 11.9 Å².